The number of rotatable bonds is 16. The second-order valence-electron chi connectivity index (χ2n) is 16.8. The van der Waals surface area contributed by atoms with Crippen molar-refractivity contribution >= 4 is 0 Å². The molecule has 6 aliphatic rings. The number of hydrogen-bond acceptors (Lipinski definition) is 31. The van der Waals surface area contributed by atoms with Crippen LogP contribution < -0.4 is 0 Å². The lowest BCUT2D eigenvalue weighted by Crippen LogP contribution is -2.67. The molecule has 6 heterocycles. The van der Waals surface area contributed by atoms with Crippen molar-refractivity contribution in [3.8, 4) is 0 Å². The Hall–Kier alpha value is -1.24. The summed E-state index contributed by atoms with van der Waals surface area (Å²) in [6.07, 6.45) is -55.8. The van der Waals surface area contributed by atoms with E-state index < -0.39 is 224 Å². The van der Waals surface area contributed by atoms with Crippen molar-refractivity contribution in [2.24, 2.45) is 0 Å². The van der Waals surface area contributed by atoms with Gasteiger partial charge in [-0.3, -0.25) is 0 Å². The Balaban J connectivity index is 1.06. The number of aliphatic hydroxyl groups is 20. The normalized spacial score (nSPS) is 53.4. The number of ether oxygens (including phenoxy) is 11. The molecule has 1 unspecified atom stereocenters. The smallest absolute Gasteiger partial charge is 0.187 e. The van der Waals surface area contributed by atoms with E-state index in [-0.39, 0.29) is 0 Å². The van der Waals surface area contributed by atoms with Gasteiger partial charge >= 0.3 is 0 Å². The van der Waals surface area contributed by atoms with Gasteiger partial charge in [0.2, 0.25) is 0 Å². The minimum atomic E-state index is -2.17. The molecule has 6 fully saturated rings. The van der Waals surface area contributed by atoms with Crippen molar-refractivity contribution in [3.63, 3.8) is 0 Å². The van der Waals surface area contributed by atoms with Gasteiger partial charge in [0.1, 0.15) is 146 Å². The molecular formula is C36H62O31. The summed E-state index contributed by atoms with van der Waals surface area (Å²) >= 11 is 0. The van der Waals surface area contributed by atoms with Crippen molar-refractivity contribution in [2.45, 2.75) is 184 Å². The Bertz CT molecular complexity index is 1500. The van der Waals surface area contributed by atoms with Gasteiger partial charge in [0, 0.05) is 0 Å². The Morgan fingerprint density at radius 3 is 0.896 bits per heavy atom. The molecule has 0 aliphatic carbocycles. The first-order valence-corrected chi connectivity index (χ1v) is 21.1. The van der Waals surface area contributed by atoms with Gasteiger partial charge in [0.25, 0.3) is 0 Å². The molecule has 0 aromatic heterocycles. The highest BCUT2D eigenvalue weighted by Crippen LogP contribution is 2.35. The SMILES string of the molecule is OC[C@H]1O[C@H](OC[C@H]2O[C@H](OC[C@H]3O[C@H](O[C@H]4[C@H](O)[C@@H](O)[C@@H](O[C@H]5[C@H](O)[C@@H](O)[C@@H](O[C@H]6[C@H](O)[C@@H](O)C(O)O[C@@H]6CO)O[C@@H]5CO)O[C@@H]4CO)[C@H](O)[C@@H](O)[C@@H]3O)[C@H](O)[C@@H](O)[C@@H]2O)[C@H](O)[C@@H](O)[C@@H]1O. The molecule has 0 amide bonds. The average molecular weight is 991 g/mol. The van der Waals surface area contributed by atoms with E-state index in [0.717, 1.165) is 0 Å². The highest BCUT2D eigenvalue weighted by atomic mass is 16.8. The minimum Gasteiger partial charge on any atom is -0.394 e. The third-order valence-electron chi connectivity index (χ3n) is 12.4. The molecule has 0 saturated carbocycles. The summed E-state index contributed by atoms with van der Waals surface area (Å²) in [4.78, 5) is 0. The molecule has 6 saturated heterocycles. The van der Waals surface area contributed by atoms with Crippen LogP contribution in [0.3, 0.4) is 0 Å². The van der Waals surface area contributed by atoms with Crippen LogP contribution in [-0.4, -0.2) is 326 Å². The highest BCUT2D eigenvalue weighted by molar-refractivity contribution is 4.98. The molecule has 20 N–H and O–H groups in total. The Morgan fingerprint density at radius 2 is 0.522 bits per heavy atom. The summed E-state index contributed by atoms with van der Waals surface area (Å²) < 4.78 is 60.2. The quantitative estimate of drug-likeness (QED) is 0.0683. The minimum absolute atomic E-state index is 0.713. The summed E-state index contributed by atoms with van der Waals surface area (Å²) in [6, 6.07) is 0. The molecule has 0 spiro atoms. The van der Waals surface area contributed by atoms with Crippen molar-refractivity contribution in [1.82, 2.24) is 0 Å². The van der Waals surface area contributed by atoms with Gasteiger partial charge in [-0.1, -0.05) is 0 Å². The van der Waals surface area contributed by atoms with E-state index in [1.807, 2.05) is 0 Å². The fourth-order valence-electron chi connectivity index (χ4n) is 8.31. The molecular weight excluding hydrogens is 928 g/mol. The molecule has 0 bridgehead atoms. The zero-order chi connectivity index (χ0) is 49.3. The zero-order valence-corrected chi connectivity index (χ0v) is 35.0. The average Bonchev–Trinajstić information content (AvgIpc) is 3.32. The van der Waals surface area contributed by atoms with E-state index >= 15 is 0 Å². The van der Waals surface area contributed by atoms with Crippen molar-refractivity contribution in [2.75, 3.05) is 39.6 Å². The fraction of sp³-hybridized carbons (Fsp3) is 1.00. The first-order valence-electron chi connectivity index (χ1n) is 21.1. The van der Waals surface area contributed by atoms with E-state index in [0.29, 0.717) is 0 Å². The molecule has 0 radical (unpaired) electrons. The van der Waals surface area contributed by atoms with E-state index in [4.69, 9.17) is 52.1 Å². The Labute approximate surface area is 378 Å². The molecule has 31 nitrogen and oxygen atoms in total. The number of hydrogen-bond donors (Lipinski definition) is 20. The van der Waals surface area contributed by atoms with Crippen LogP contribution in [0.15, 0.2) is 0 Å². The maximum absolute atomic E-state index is 11.2. The Kier molecular flexibility index (Phi) is 19.4. The molecule has 6 aliphatic heterocycles. The molecule has 6 rings (SSSR count). The zero-order valence-electron chi connectivity index (χ0n) is 35.0. The van der Waals surface area contributed by atoms with Crippen LogP contribution in [0.4, 0.5) is 0 Å². The van der Waals surface area contributed by atoms with Gasteiger partial charge in [-0.15, -0.1) is 0 Å². The van der Waals surface area contributed by atoms with Gasteiger partial charge in [0.05, 0.1) is 39.6 Å². The van der Waals surface area contributed by atoms with Gasteiger partial charge < -0.3 is 154 Å². The van der Waals surface area contributed by atoms with Crippen LogP contribution in [0.1, 0.15) is 0 Å². The van der Waals surface area contributed by atoms with Gasteiger partial charge in [-0.05, 0) is 0 Å². The molecule has 67 heavy (non-hydrogen) atoms. The summed E-state index contributed by atoms with van der Waals surface area (Å²) in [7, 11) is 0. The topological polar surface area (TPSA) is 506 Å². The first kappa shape index (κ1) is 55.1. The van der Waals surface area contributed by atoms with Gasteiger partial charge in [0.15, 0.2) is 37.7 Å². The molecule has 392 valence electrons. The lowest BCUT2D eigenvalue weighted by molar-refractivity contribution is -0.388. The van der Waals surface area contributed by atoms with Crippen LogP contribution in [0.5, 0.6) is 0 Å². The largest absolute Gasteiger partial charge is 0.394 e. The Morgan fingerprint density at radius 1 is 0.254 bits per heavy atom. The van der Waals surface area contributed by atoms with Crippen LogP contribution in [-0.2, 0) is 52.1 Å². The highest BCUT2D eigenvalue weighted by Gasteiger charge is 2.56. The van der Waals surface area contributed by atoms with E-state index in [1.165, 1.54) is 0 Å². The fourth-order valence-corrected chi connectivity index (χ4v) is 8.31. The van der Waals surface area contributed by atoms with Gasteiger partial charge in [-0.2, -0.15) is 0 Å². The lowest BCUT2D eigenvalue weighted by Gasteiger charge is -2.49. The summed E-state index contributed by atoms with van der Waals surface area (Å²) in [6.45, 7) is -5.18. The van der Waals surface area contributed by atoms with E-state index in [1.54, 1.807) is 0 Å². The number of aliphatic hydroxyl groups excluding tert-OH is 20. The third kappa shape index (κ3) is 11.5. The van der Waals surface area contributed by atoms with Crippen molar-refractivity contribution < 1.29 is 154 Å². The predicted octanol–water partition coefficient (Wildman–Crippen LogP) is -14.1. The van der Waals surface area contributed by atoms with Crippen LogP contribution in [0.2, 0.25) is 0 Å². The lowest BCUT2D eigenvalue weighted by atomic mass is 9.95. The second-order valence-corrected chi connectivity index (χ2v) is 16.8. The monoisotopic (exact) mass is 990 g/mol. The van der Waals surface area contributed by atoms with Crippen molar-refractivity contribution in [3.05, 3.63) is 0 Å². The van der Waals surface area contributed by atoms with E-state index in [2.05, 4.69) is 0 Å². The molecule has 31 heteroatoms. The third-order valence-corrected chi connectivity index (χ3v) is 12.4. The molecule has 0 aromatic rings. The van der Waals surface area contributed by atoms with Crippen LogP contribution >= 0.6 is 0 Å². The summed E-state index contributed by atoms with van der Waals surface area (Å²) in [5, 5.41) is 208. The van der Waals surface area contributed by atoms with Crippen LogP contribution in [0, 0.1) is 0 Å². The maximum Gasteiger partial charge on any atom is 0.187 e. The van der Waals surface area contributed by atoms with Crippen molar-refractivity contribution in [1.29, 1.82) is 0 Å². The van der Waals surface area contributed by atoms with Crippen LogP contribution in [0.25, 0.3) is 0 Å². The summed E-state index contributed by atoms with van der Waals surface area (Å²) in [5.41, 5.74) is 0. The van der Waals surface area contributed by atoms with E-state index in [9.17, 15) is 102 Å². The van der Waals surface area contributed by atoms with Gasteiger partial charge in [-0.25, -0.2) is 0 Å². The maximum atomic E-state index is 11.2. The summed E-state index contributed by atoms with van der Waals surface area (Å²) in [5.74, 6) is 0. The first-order chi connectivity index (χ1) is 31.7. The standard InChI is InChI=1S/C36H62O31/c37-1-7-13(41)16(44)23(51)32(60-7)57-5-11-14(42)17(45)24(52)33(63-11)58-6-12-15(43)18(46)25(53)34(64-12)66-29-9(3-39)62-36(27(55)20(29)48)67-30-10(4-40)61-35(26(54)21(30)49)65-28-8(2-38)59-31(56)22(50)19(28)47/h7-56H,1-6H2/t7-,8-,9-,10-,11-,12-,13-,14-,15-,16+,17+,18+,19-,20-,21-,22-,23-,24-,25-,26-,27-,28-,29-,30-,31?,32+,33+,34-,35-,36-/m1/s1. The second kappa shape index (κ2) is 23.5. The molecule has 0 aromatic carbocycles. The molecule has 30 atom stereocenters. The predicted molar refractivity (Wildman–Crippen MR) is 199 cm³/mol.